The Morgan fingerprint density at radius 1 is 1.21 bits per heavy atom. The maximum absolute atomic E-state index is 11.4. The predicted molar refractivity (Wildman–Crippen MR) is 69.5 cm³/mol. The van der Waals surface area contributed by atoms with E-state index in [0.29, 0.717) is 0 Å². The van der Waals surface area contributed by atoms with E-state index in [1.807, 2.05) is 0 Å². The third-order valence-electron chi connectivity index (χ3n) is 2.04. The molecule has 0 atom stereocenters. The number of hydrogen-bond donors (Lipinski definition) is 0. The second-order valence-electron chi connectivity index (χ2n) is 3.53. The van der Waals surface area contributed by atoms with Crippen LogP contribution in [-0.2, 0) is 9.84 Å². The third-order valence-corrected chi connectivity index (χ3v) is 3.55. The fourth-order valence-corrected chi connectivity index (χ4v) is 2.11. The van der Waals surface area contributed by atoms with Crippen molar-refractivity contribution < 1.29 is 13.2 Å². The van der Waals surface area contributed by atoms with Gasteiger partial charge in [-0.25, -0.2) is 8.42 Å². The molecule has 6 nitrogen and oxygen atoms in total. The molecule has 0 aliphatic rings. The zero-order valence-electron chi connectivity index (χ0n) is 9.54. The standard InChI is InChI=1S/C10H7Cl2N3O3S/c1-19(16,17)7-4-2-3-6(5-7)18-9-8(11)14-15-10(12)13-9/h2-5H,1H3. The summed E-state index contributed by atoms with van der Waals surface area (Å²) in [6.07, 6.45) is 1.10. The number of rotatable bonds is 3. The summed E-state index contributed by atoms with van der Waals surface area (Å²) < 4.78 is 28.2. The Morgan fingerprint density at radius 3 is 2.63 bits per heavy atom. The van der Waals surface area contributed by atoms with Crippen LogP contribution >= 0.6 is 23.2 Å². The molecule has 0 aliphatic heterocycles. The highest BCUT2D eigenvalue weighted by Gasteiger charge is 2.11. The van der Waals surface area contributed by atoms with Gasteiger partial charge < -0.3 is 4.74 Å². The lowest BCUT2D eigenvalue weighted by atomic mass is 10.3. The van der Waals surface area contributed by atoms with Gasteiger partial charge in [-0.3, -0.25) is 0 Å². The molecule has 1 aromatic carbocycles. The van der Waals surface area contributed by atoms with Gasteiger partial charge in [0.25, 0.3) is 5.88 Å². The van der Waals surface area contributed by atoms with Gasteiger partial charge in [-0.05, 0) is 29.8 Å². The molecule has 0 saturated heterocycles. The molecule has 1 heterocycles. The Kier molecular flexibility index (Phi) is 3.88. The van der Waals surface area contributed by atoms with Crippen LogP contribution in [0, 0.1) is 0 Å². The van der Waals surface area contributed by atoms with Crippen molar-refractivity contribution in [1.29, 1.82) is 0 Å². The molecule has 0 fully saturated rings. The van der Waals surface area contributed by atoms with Gasteiger partial charge in [0.15, 0.2) is 9.84 Å². The smallest absolute Gasteiger partial charge is 0.262 e. The van der Waals surface area contributed by atoms with E-state index in [9.17, 15) is 8.42 Å². The Hall–Kier alpha value is -1.44. The number of sulfone groups is 1. The molecular weight excluding hydrogens is 313 g/mol. The molecule has 0 bridgehead atoms. The zero-order chi connectivity index (χ0) is 14.0. The van der Waals surface area contributed by atoms with Crippen LogP contribution in [0.1, 0.15) is 0 Å². The summed E-state index contributed by atoms with van der Waals surface area (Å²) in [4.78, 5) is 3.87. The Morgan fingerprint density at radius 2 is 1.95 bits per heavy atom. The molecule has 9 heteroatoms. The van der Waals surface area contributed by atoms with E-state index in [2.05, 4.69) is 15.2 Å². The van der Waals surface area contributed by atoms with Crippen molar-refractivity contribution in [3.05, 3.63) is 34.7 Å². The van der Waals surface area contributed by atoms with Gasteiger partial charge in [0.1, 0.15) is 5.75 Å². The number of halogens is 2. The first-order chi connectivity index (χ1) is 8.86. The summed E-state index contributed by atoms with van der Waals surface area (Å²) in [5, 5.41) is 6.76. The average molecular weight is 320 g/mol. The first kappa shape index (κ1) is 14.0. The van der Waals surface area contributed by atoms with Crippen molar-refractivity contribution in [3.63, 3.8) is 0 Å². The molecule has 0 unspecified atom stereocenters. The molecule has 0 saturated carbocycles. The van der Waals surface area contributed by atoms with Gasteiger partial charge in [-0.1, -0.05) is 17.7 Å². The highest BCUT2D eigenvalue weighted by molar-refractivity contribution is 7.90. The van der Waals surface area contributed by atoms with Crippen LogP contribution < -0.4 is 4.74 Å². The van der Waals surface area contributed by atoms with Gasteiger partial charge in [-0.2, -0.15) is 4.98 Å². The van der Waals surface area contributed by atoms with Crippen LogP contribution in [0.3, 0.4) is 0 Å². The number of nitrogens with zero attached hydrogens (tertiary/aromatic N) is 3. The summed E-state index contributed by atoms with van der Waals surface area (Å²) in [7, 11) is -3.32. The SMILES string of the molecule is CS(=O)(=O)c1cccc(Oc2nc(Cl)nnc2Cl)c1. The molecule has 19 heavy (non-hydrogen) atoms. The highest BCUT2D eigenvalue weighted by atomic mass is 35.5. The lowest BCUT2D eigenvalue weighted by Gasteiger charge is -2.06. The van der Waals surface area contributed by atoms with Gasteiger partial charge in [0.05, 0.1) is 4.90 Å². The molecule has 0 amide bonds. The zero-order valence-corrected chi connectivity index (χ0v) is 11.9. The van der Waals surface area contributed by atoms with Crippen LogP contribution in [0.5, 0.6) is 11.6 Å². The molecule has 0 spiro atoms. The normalized spacial score (nSPS) is 11.3. The second kappa shape index (κ2) is 5.28. The molecular formula is C10H7Cl2N3O3S. The van der Waals surface area contributed by atoms with E-state index in [4.69, 9.17) is 27.9 Å². The fraction of sp³-hybridized carbons (Fsp3) is 0.100. The highest BCUT2D eigenvalue weighted by Crippen LogP contribution is 2.27. The fourth-order valence-electron chi connectivity index (χ4n) is 1.23. The number of aromatic nitrogens is 3. The quantitative estimate of drug-likeness (QED) is 0.863. The van der Waals surface area contributed by atoms with Crippen molar-refractivity contribution in [3.8, 4) is 11.6 Å². The topological polar surface area (TPSA) is 82.0 Å². The van der Waals surface area contributed by atoms with E-state index < -0.39 is 9.84 Å². The first-order valence-electron chi connectivity index (χ1n) is 4.90. The summed E-state index contributed by atoms with van der Waals surface area (Å²) in [5.74, 6) is 0.203. The first-order valence-corrected chi connectivity index (χ1v) is 7.55. The minimum absolute atomic E-state index is 0.0488. The minimum atomic E-state index is -3.32. The summed E-state index contributed by atoms with van der Waals surface area (Å²) >= 11 is 11.3. The molecule has 0 N–H and O–H groups in total. The largest absolute Gasteiger partial charge is 0.436 e. The molecule has 0 radical (unpaired) electrons. The predicted octanol–water partition coefficient (Wildman–Crippen LogP) is 2.37. The Balaban J connectivity index is 2.36. The maximum Gasteiger partial charge on any atom is 0.262 e. The van der Waals surface area contributed by atoms with Gasteiger partial charge in [-0.15, -0.1) is 10.2 Å². The van der Waals surface area contributed by atoms with E-state index in [1.54, 1.807) is 6.07 Å². The average Bonchev–Trinajstić information content (AvgIpc) is 2.33. The third kappa shape index (κ3) is 3.52. The second-order valence-corrected chi connectivity index (χ2v) is 6.24. The van der Waals surface area contributed by atoms with Crippen LogP contribution in [0.25, 0.3) is 0 Å². The lowest BCUT2D eigenvalue weighted by molar-refractivity contribution is 0.456. The molecule has 2 rings (SSSR count). The Labute approximate surface area is 119 Å². The van der Waals surface area contributed by atoms with E-state index in [0.717, 1.165) is 6.26 Å². The number of ether oxygens (including phenoxy) is 1. The van der Waals surface area contributed by atoms with E-state index in [1.165, 1.54) is 18.2 Å². The summed E-state index contributed by atoms with van der Waals surface area (Å²) in [5.41, 5.74) is 0. The van der Waals surface area contributed by atoms with Gasteiger partial charge in [0, 0.05) is 6.26 Å². The van der Waals surface area contributed by atoms with Gasteiger partial charge in [0.2, 0.25) is 10.4 Å². The maximum atomic E-state index is 11.4. The van der Waals surface area contributed by atoms with Crippen LogP contribution in [-0.4, -0.2) is 29.9 Å². The lowest BCUT2D eigenvalue weighted by Crippen LogP contribution is -1.98. The van der Waals surface area contributed by atoms with Crippen molar-refractivity contribution in [2.45, 2.75) is 4.90 Å². The van der Waals surface area contributed by atoms with Crippen molar-refractivity contribution in [1.82, 2.24) is 15.2 Å². The van der Waals surface area contributed by atoms with Crippen molar-refractivity contribution >= 4 is 33.0 Å². The monoisotopic (exact) mass is 319 g/mol. The van der Waals surface area contributed by atoms with Crippen molar-refractivity contribution in [2.75, 3.05) is 6.26 Å². The molecule has 1 aromatic heterocycles. The number of hydrogen-bond acceptors (Lipinski definition) is 6. The van der Waals surface area contributed by atoms with E-state index >= 15 is 0 Å². The molecule has 0 aliphatic carbocycles. The minimum Gasteiger partial charge on any atom is -0.436 e. The summed E-state index contributed by atoms with van der Waals surface area (Å²) in [6.45, 7) is 0. The van der Waals surface area contributed by atoms with Crippen molar-refractivity contribution in [2.24, 2.45) is 0 Å². The number of benzene rings is 1. The van der Waals surface area contributed by atoms with Crippen LogP contribution in [0.2, 0.25) is 10.4 Å². The summed E-state index contributed by atoms with van der Waals surface area (Å²) in [6, 6.07) is 5.90. The molecule has 100 valence electrons. The van der Waals surface area contributed by atoms with Gasteiger partial charge >= 0.3 is 0 Å². The van der Waals surface area contributed by atoms with Crippen LogP contribution in [0.15, 0.2) is 29.2 Å². The van der Waals surface area contributed by atoms with E-state index in [-0.39, 0.29) is 27.0 Å². The Bertz CT molecular complexity index is 722. The molecule has 2 aromatic rings. The van der Waals surface area contributed by atoms with Crippen LogP contribution in [0.4, 0.5) is 0 Å².